The highest BCUT2D eigenvalue weighted by Crippen LogP contribution is 2.13. The molecule has 0 unspecified atom stereocenters. The number of hydrogen-bond acceptors (Lipinski definition) is 3. The molecule has 1 rings (SSSR count). The molecule has 0 radical (unpaired) electrons. The first-order valence-electron chi connectivity index (χ1n) is 5.23. The summed E-state index contributed by atoms with van der Waals surface area (Å²) in [5.74, 6) is -0.649. The molecule has 0 aromatic heterocycles. The van der Waals surface area contributed by atoms with Crippen molar-refractivity contribution in [2.24, 2.45) is 0 Å². The van der Waals surface area contributed by atoms with E-state index in [4.69, 9.17) is 9.84 Å². The second-order valence-corrected chi connectivity index (χ2v) is 3.69. The Morgan fingerprint density at radius 1 is 1.53 bits per heavy atom. The molecule has 1 aromatic rings. The van der Waals surface area contributed by atoms with E-state index in [-0.39, 0.29) is 25.7 Å². The van der Waals surface area contributed by atoms with Crippen molar-refractivity contribution in [2.75, 3.05) is 27.3 Å². The third-order valence-corrected chi connectivity index (χ3v) is 2.37. The van der Waals surface area contributed by atoms with Crippen molar-refractivity contribution >= 4 is 5.91 Å². The zero-order valence-corrected chi connectivity index (χ0v) is 9.94. The Balaban J connectivity index is 2.91. The van der Waals surface area contributed by atoms with Crippen molar-refractivity contribution in [3.05, 3.63) is 35.1 Å². The van der Waals surface area contributed by atoms with Crippen LogP contribution in [0.25, 0.3) is 0 Å². The van der Waals surface area contributed by atoms with Crippen molar-refractivity contribution in [3.8, 4) is 0 Å². The van der Waals surface area contributed by atoms with E-state index in [9.17, 15) is 9.18 Å². The van der Waals surface area contributed by atoms with E-state index < -0.39 is 5.82 Å². The number of hydrogen-bond donors (Lipinski definition) is 1. The lowest BCUT2D eigenvalue weighted by Gasteiger charge is -2.16. The quantitative estimate of drug-likeness (QED) is 0.837. The van der Waals surface area contributed by atoms with Gasteiger partial charge >= 0.3 is 0 Å². The first-order valence-corrected chi connectivity index (χ1v) is 5.23. The lowest BCUT2D eigenvalue weighted by atomic mass is 10.1. The van der Waals surface area contributed by atoms with E-state index in [1.54, 1.807) is 7.05 Å². The Kier molecular flexibility index (Phi) is 5.06. The second-order valence-electron chi connectivity index (χ2n) is 3.69. The molecular weight excluding hydrogens is 225 g/mol. The maximum atomic E-state index is 13.3. The molecule has 1 N–H and O–H groups in total. The Labute approximate surface area is 99.6 Å². The summed E-state index contributed by atoms with van der Waals surface area (Å²) in [4.78, 5) is 13.2. The highest BCUT2D eigenvalue weighted by molar-refractivity contribution is 5.94. The number of methoxy groups -OCH3 is 1. The molecule has 0 spiro atoms. The first-order chi connectivity index (χ1) is 8.10. The summed E-state index contributed by atoms with van der Waals surface area (Å²) in [6.45, 7) is 0.265. The van der Waals surface area contributed by atoms with Gasteiger partial charge in [-0.15, -0.1) is 0 Å². The van der Waals surface area contributed by atoms with Crippen LogP contribution in [0.15, 0.2) is 18.2 Å². The van der Waals surface area contributed by atoms with Gasteiger partial charge in [0, 0.05) is 31.8 Å². The minimum absolute atomic E-state index is 0.103. The van der Waals surface area contributed by atoms with E-state index in [1.165, 1.54) is 30.2 Å². The lowest BCUT2D eigenvalue weighted by molar-refractivity contribution is 0.0766. The summed E-state index contributed by atoms with van der Waals surface area (Å²) in [5, 5.41) is 8.74. The largest absolute Gasteiger partial charge is 0.395 e. The first kappa shape index (κ1) is 13.6. The molecule has 0 bridgehead atoms. The summed E-state index contributed by atoms with van der Waals surface area (Å²) < 4.78 is 18.2. The molecule has 1 aromatic carbocycles. The van der Waals surface area contributed by atoms with Crippen LogP contribution in [0.5, 0.6) is 0 Å². The van der Waals surface area contributed by atoms with Crippen molar-refractivity contribution < 1.29 is 19.0 Å². The van der Waals surface area contributed by atoms with Crippen molar-refractivity contribution in [1.29, 1.82) is 0 Å². The number of ether oxygens (including phenoxy) is 1. The normalized spacial score (nSPS) is 10.4. The van der Waals surface area contributed by atoms with E-state index in [2.05, 4.69) is 0 Å². The number of amides is 1. The molecule has 0 aliphatic heterocycles. The molecule has 1 amide bonds. The third-order valence-electron chi connectivity index (χ3n) is 2.37. The molecule has 17 heavy (non-hydrogen) atoms. The van der Waals surface area contributed by atoms with Gasteiger partial charge in [-0.05, 0) is 18.2 Å². The maximum absolute atomic E-state index is 13.3. The maximum Gasteiger partial charge on any atom is 0.253 e. The standard InChI is InChI=1S/C12H16FNO3/c1-14(5-6-15)12(16)9-3-4-11(13)10(7-9)8-17-2/h3-4,7,15H,5-6,8H2,1-2H3. The molecular formula is C12H16FNO3. The summed E-state index contributed by atoms with van der Waals surface area (Å²) in [7, 11) is 3.05. The highest BCUT2D eigenvalue weighted by Gasteiger charge is 2.13. The number of carbonyl (C=O) groups is 1. The van der Waals surface area contributed by atoms with Crippen molar-refractivity contribution in [1.82, 2.24) is 4.90 Å². The molecule has 4 nitrogen and oxygen atoms in total. The Bertz CT molecular complexity index is 395. The van der Waals surface area contributed by atoms with Crippen LogP contribution in [-0.2, 0) is 11.3 Å². The van der Waals surface area contributed by atoms with Gasteiger partial charge in [0.05, 0.1) is 13.2 Å². The lowest BCUT2D eigenvalue weighted by Crippen LogP contribution is -2.29. The summed E-state index contributed by atoms with van der Waals surface area (Å²) in [5.41, 5.74) is 0.727. The van der Waals surface area contributed by atoms with Crippen LogP contribution in [0.3, 0.4) is 0 Å². The third kappa shape index (κ3) is 3.51. The Morgan fingerprint density at radius 3 is 2.82 bits per heavy atom. The van der Waals surface area contributed by atoms with E-state index in [0.717, 1.165) is 0 Å². The zero-order chi connectivity index (χ0) is 12.8. The average molecular weight is 241 g/mol. The molecule has 0 saturated heterocycles. The SMILES string of the molecule is COCc1cc(C(=O)N(C)CCO)ccc1F. The molecule has 0 atom stereocenters. The highest BCUT2D eigenvalue weighted by atomic mass is 19.1. The Morgan fingerprint density at radius 2 is 2.24 bits per heavy atom. The summed E-state index contributed by atoms with van der Waals surface area (Å²) in [6.07, 6.45) is 0. The minimum Gasteiger partial charge on any atom is -0.395 e. The summed E-state index contributed by atoms with van der Waals surface area (Å²) in [6, 6.07) is 4.13. The number of benzene rings is 1. The molecule has 0 heterocycles. The number of likely N-dealkylation sites (N-methyl/N-ethyl adjacent to an activating group) is 1. The van der Waals surface area contributed by atoms with E-state index >= 15 is 0 Å². The van der Waals surface area contributed by atoms with E-state index in [0.29, 0.717) is 11.1 Å². The van der Waals surface area contributed by atoms with Gasteiger partial charge in [0.2, 0.25) is 0 Å². The molecule has 0 saturated carbocycles. The van der Waals surface area contributed by atoms with Crippen LogP contribution >= 0.6 is 0 Å². The second kappa shape index (κ2) is 6.32. The smallest absolute Gasteiger partial charge is 0.253 e. The molecule has 5 heteroatoms. The van der Waals surface area contributed by atoms with Crippen LogP contribution in [0.4, 0.5) is 4.39 Å². The topological polar surface area (TPSA) is 49.8 Å². The number of carbonyl (C=O) groups excluding carboxylic acids is 1. The van der Waals surface area contributed by atoms with Crippen LogP contribution in [0.1, 0.15) is 15.9 Å². The molecule has 0 aliphatic rings. The fraction of sp³-hybridized carbons (Fsp3) is 0.417. The van der Waals surface area contributed by atoms with Crippen LogP contribution < -0.4 is 0 Å². The Hall–Kier alpha value is -1.46. The van der Waals surface area contributed by atoms with Gasteiger partial charge in [0.15, 0.2) is 0 Å². The van der Waals surface area contributed by atoms with Gasteiger partial charge in [0.1, 0.15) is 5.82 Å². The van der Waals surface area contributed by atoms with Crippen LogP contribution in [0, 0.1) is 5.82 Å². The van der Waals surface area contributed by atoms with Crippen molar-refractivity contribution in [2.45, 2.75) is 6.61 Å². The predicted molar refractivity (Wildman–Crippen MR) is 61.2 cm³/mol. The van der Waals surface area contributed by atoms with Crippen molar-refractivity contribution in [3.63, 3.8) is 0 Å². The van der Waals surface area contributed by atoms with Crippen LogP contribution in [-0.4, -0.2) is 43.2 Å². The van der Waals surface area contributed by atoms with Gasteiger partial charge in [0.25, 0.3) is 5.91 Å². The summed E-state index contributed by atoms with van der Waals surface area (Å²) >= 11 is 0. The van der Waals surface area contributed by atoms with Gasteiger partial charge in [-0.1, -0.05) is 0 Å². The average Bonchev–Trinajstić information content (AvgIpc) is 2.31. The predicted octanol–water partition coefficient (Wildman–Crippen LogP) is 1.04. The number of aliphatic hydroxyl groups is 1. The van der Waals surface area contributed by atoms with E-state index in [1.807, 2.05) is 0 Å². The molecule has 0 aliphatic carbocycles. The fourth-order valence-electron chi connectivity index (χ4n) is 1.45. The zero-order valence-electron chi connectivity index (χ0n) is 9.94. The molecule has 0 fully saturated rings. The number of aliphatic hydroxyl groups excluding tert-OH is 1. The minimum atomic E-state index is -0.395. The molecule has 94 valence electrons. The van der Waals surface area contributed by atoms with Gasteiger partial charge in [-0.25, -0.2) is 4.39 Å². The van der Waals surface area contributed by atoms with Gasteiger partial charge < -0.3 is 14.7 Å². The fourth-order valence-corrected chi connectivity index (χ4v) is 1.45. The number of halogens is 1. The van der Waals surface area contributed by atoms with Gasteiger partial charge in [-0.3, -0.25) is 4.79 Å². The monoisotopic (exact) mass is 241 g/mol. The van der Waals surface area contributed by atoms with Crippen LogP contribution in [0.2, 0.25) is 0 Å². The number of nitrogens with zero attached hydrogens (tertiary/aromatic N) is 1. The van der Waals surface area contributed by atoms with Gasteiger partial charge in [-0.2, -0.15) is 0 Å². The number of rotatable bonds is 5.